The van der Waals surface area contributed by atoms with Crippen molar-refractivity contribution in [2.24, 2.45) is 11.8 Å². The second-order valence-electron chi connectivity index (χ2n) is 8.38. The fourth-order valence-corrected chi connectivity index (χ4v) is 5.48. The first kappa shape index (κ1) is 21.3. The third-order valence-corrected chi connectivity index (χ3v) is 8.00. The zero-order chi connectivity index (χ0) is 21.3. The molecule has 2 aliphatic heterocycles. The molecule has 1 aromatic carbocycles. The molecule has 1 aliphatic carbocycles. The molecule has 1 unspecified atom stereocenters. The van der Waals surface area contributed by atoms with Crippen LogP contribution in [0.15, 0.2) is 23.1 Å². The lowest BCUT2D eigenvalue weighted by atomic mass is 9.96. The molecule has 3 aliphatic rings. The summed E-state index contributed by atoms with van der Waals surface area (Å²) in [4.78, 5) is 27.3. The highest BCUT2D eigenvalue weighted by molar-refractivity contribution is 7.89. The van der Waals surface area contributed by atoms with Crippen LogP contribution in [0.4, 0.5) is 5.69 Å². The van der Waals surface area contributed by atoms with Crippen LogP contribution in [0.25, 0.3) is 0 Å². The highest BCUT2D eigenvalue weighted by atomic mass is 32.2. The van der Waals surface area contributed by atoms with Gasteiger partial charge in [0.25, 0.3) is 0 Å². The van der Waals surface area contributed by atoms with Crippen LogP contribution >= 0.6 is 0 Å². The van der Waals surface area contributed by atoms with E-state index >= 15 is 0 Å². The van der Waals surface area contributed by atoms with Crippen LogP contribution in [-0.4, -0.2) is 68.8 Å². The molecular weight excluding hydrogens is 406 g/mol. The van der Waals surface area contributed by atoms with E-state index in [1.807, 2.05) is 11.8 Å². The van der Waals surface area contributed by atoms with Crippen LogP contribution in [0.1, 0.15) is 31.2 Å². The standard InChI is InChI=1S/C21H29N3O5S/c1-15-4-7-18(30(27,28)24-9-11-29-12-10-24)13-19(15)22-20(25)17-3-2-8-23(14-17)21(26)16-5-6-16/h4,7,13,16-17H,2-3,5-6,8-12,14H2,1H3,(H,22,25). The SMILES string of the molecule is Cc1ccc(S(=O)(=O)N2CCOCC2)cc1NC(=O)C1CCCN(C(=O)C2CC2)C1. The highest BCUT2D eigenvalue weighted by Gasteiger charge is 2.37. The molecule has 4 rings (SSSR count). The summed E-state index contributed by atoms with van der Waals surface area (Å²) >= 11 is 0. The van der Waals surface area contributed by atoms with E-state index in [1.54, 1.807) is 12.1 Å². The number of rotatable bonds is 5. The number of aryl methyl sites for hydroxylation is 1. The molecule has 1 saturated carbocycles. The van der Waals surface area contributed by atoms with Gasteiger partial charge in [0.1, 0.15) is 0 Å². The number of morpholine rings is 1. The van der Waals surface area contributed by atoms with Gasteiger partial charge in [-0.15, -0.1) is 0 Å². The van der Waals surface area contributed by atoms with E-state index in [9.17, 15) is 18.0 Å². The maximum Gasteiger partial charge on any atom is 0.243 e. The van der Waals surface area contributed by atoms with Gasteiger partial charge in [0.15, 0.2) is 0 Å². The van der Waals surface area contributed by atoms with Gasteiger partial charge in [0, 0.05) is 37.8 Å². The lowest BCUT2D eigenvalue weighted by Gasteiger charge is -2.32. The van der Waals surface area contributed by atoms with Gasteiger partial charge in [-0.3, -0.25) is 9.59 Å². The van der Waals surface area contributed by atoms with Crippen molar-refractivity contribution < 1.29 is 22.7 Å². The molecule has 1 aromatic rings. The number of carbonyl (C=O) groups is 2. The molecule has 30 heavy (non-hydrogen) atoms. The lowest BCUT2D eigenvalue weighted by Crippen LogP contribution is -2.44. The van der Waals surface area contributed by atoms with Crippen molar-refractivity contribution in [3.05, 3.63) is 23.8 Å². The number of sulfonamides is 1. The molecule has 3 fully saturated rings. The fraction of sp³-hybridized carbons (Fsp3) is 0.619. The number of carbonyl (C=O) groups excluding carboxylic acids is 2. The van der Waals surface area contributed by atoms with E-state index in [4.69, 9.17) is 4.74 Å². The van der Waals surface area contributed by atoms with Gasteiger partial charge in [0.05, 0.1) is 24.0 Å². The summed E-state index contributed by atoms with van der Waals surface area (Å²) in [6.07, 6.45) is 3.44. The number of hydrogen-bond donors (Lipinski definition) is 1. The topological polar surface area (TPSA) is 96.0 Å². The average Bonchev–Trinajstić information content (AvgIpc) is 3.61. The Hall–Kier alpha value is -1.97. The third kappa shape index (κ3) is 4.53. The van der Waals surface area contributed by atoms with E-state index in [2.05, 4.69) is 5.32 Å². The largest absolute Gasteiger partial charge is 0.379 e. The molecule has 2 heterocycles. The first-order valence-electron chi connectivity index (χ1n) is 10.6. The Morgan fingerprint density at radius 1 is 1.07 bits per heavy atom. The van der Waals surface area contributed by atoms with Crippen LogP contribution in [0.2, 0.25) is 0 Å². The quantitative estimate of drug-likeness (QED) is 0.758. The number of anilines is 1. The van der Waals surface area contributed by atoms with E-state index in [1.165, 1.54) is 10.4 Å². The van der Waals surface area contributed by atoms with E-state index in [0.29, 0.717) is 45.1 Å². The van der Waals surface area contributed by atoms with Crippen LogP contribution < -0.4 is 5.32 Å². The second-order valence-corrected chi connectivity index (χ2v) is 10.3. The molecule has 0 bridgehead atoms. The molecular formula is C21H29N3O5S. The number of piperidine rings is 1. The molecule has 1 N–H and O–H groups in total. The highest BCUT2D eigenvalue weighted by Crippen LogP contribution is 2.33. The zero-order valence-electron chi connectivity index (χ0n) is 17.3. The van der Waals surface area contributed by atoms with Crippen molar-refractivity contribution >= 4 is 27.5 Å². The molecule has 2 amide bonds. The number of benzene rings is 1. The predicted octanol–water partition coefficient (Wildman–Crippen LogP) is 1.60. The van der Waals surface area contributed by atoms with Gasteiger partial charge in [-0.05, 0) is 50.3 Å². The van der Waals surface area contributed by atoms with Gasteiger partial charge in [-0.2, -0.15) is 4.31 Å². The number of hydrogen-bond acceptors (Lipinski definition) is 5. The maximum atomic E-state index is 12.9. The monoisotopic (exact) mass is 435 g/mol. The summed E-state index contributed by atoms with van der Waals surface area (Å²) in [6.45, 7) is 4.40. The molecule has 8 nitrogen and oxygen atoms in total. The van der Waals surface area contributed by atoms with Crippen LogP contribution in [0.5, 0.6) is 0 Å². The van der Waals surface area contributed by atoms with E-state index < -0.39 is 10.0 Å². The van der Waals surface area contributed by atoms with Crippen molar-refractivity contribution in [3.63, 3.8) is 0 Å². The van der Waals surface area contributed by atoms with Crippen molar-refractivity contribution in [2.75, 3.05) is 44.7 Å². The summed E-state index contributed by atoms with van der Waals surface area (Å²) < 4.78 is 32.5. The van der Waals surface area contributed by atoms with Gasteiger partial charge in [0.2, 0.25) is 21.8 Å². The third-order valence-electron chi connectivity index (χ3n) is 6.11. The Morgan fingerprint density at radius 2 is 1.80 bits per heavy atom. The summed E-state index contributed by atoms with van der Waals surface area (Å²) in [5.74, 6) is -0.119. The minimum absolute atomic E-state index is 0.149. The number of nitrogens with zero attached hydrogens (tertiary/aromatic N) is 2. The molecule has 9 heteroatoms. The smallest absolute Gasteiger partial charge is 0.243 e. The summed E-state index contributed by atoms with van der Waals surface area (Å²) in [7, 11) is -3.64. The van der Waals surface area contributed by atoms with Gasteiger partial charge in [-0.1, -0.05) is 6.07 Å². The van der Waals surface area contributed by atoms with E-state index in [0.717, 1.165) is 31.2 Å². The Balaban J connectivity index is 1.46. The van der Waals surface area contributed by atoms with Crippen LogP contribution in [-0.2, 0) is 24.3 Å². The molecule has 0 aromatic heterocycles. The first-order chi connectivity index (χ1) is 14.4. The molecule has 0 spiro atoms. The van der Waals surface area contributed by atoms with Gasteiger partial charge in [-0.25, -0.2) is 8.42 Å². The summed E-state index contributed by atoms with van der Waals surface area (Å²) in [5.41, 5.74) is 1.30. The summed E-state index contributed by atoms with van der Waals surface area (Å²) in [5, 5.41) is 2.92. The van der Waals surface area contributed by atoms with Crippen molar-refractivity contribution in [1.29, 1.82) is 0 Å². The normalized spacial score (nSPS) is 23.2. The van der Waals surface area contributed by atoms with Crippen LogP contribution in [0, 0.1) is 18.8 Å². The molecule has 2 saturated heterocycles. The van der Waals surface area contributed by atoms with Crippen molar-refractivity contribution in [3.8, 4) is 0 Å². The minimum Gasteiger partial charge on any atom is -0.379 e. The first-order valence-corrected chi connectivity index (χ1v) is 12.1. The zero-order valence-corrected chi connectivity index (χ0v) is 18.1. The Labute approximate surface area is 177 Å². The van der Waals surface area contributed by atoms with Gasteiger partial charge >= 0.3 is 0 Å². The second kappa shape index (κ2) is 8.64. The molecule has 164 valence electrons. The predicted molar refractivity (Wildman–Crippen MR) is 111 cm³/mol. The number of likely N-dealkylation sites (tertiary alicyclic amines) is 1. The van der Waals surface area contributed by atoms with E-state index in [-0.39, 0.29) is 28.5 Å². The van der Waals surface area contributed by atoms with Crippen molar-refractivity contribution in [2.45, 2.75) is 37.5 Å². The Morgan fingerprint density at radius 3 is 2.50 bits per heavy atom. The van der Waals surface area contributed by atoms with Crippen LogP contribution in [0.3, 0.4) is 0 Å². The fourth-order valence-electron chi connectivity index (χ4n) is 4.05. The molecule has 1 atom stereocenters. The number of amides is 2. The minimum atomic E-state index is -3.64. The van der Waals surface area contributed by atoms with Gasteiger partial charge < -0.3 is 15.0 Å². The summed E-state index contributed by atoms with van der Waals surface area (Å²) in [6, 6.07) is 4.83. The van der Waals surface area contributed by atoms with Crippen molar-refractivity contribution in [1.82, 2.24) is 9.21 Å². The Bertz CT molecular complexity index is 923. The molecule has 0 radical (unpaired) electrons. The maximum absolute atomic E-state index is 12.9. The lowest BCUT2D eigenvalue weighted by molar-refractivity contribution is -0.135. The average molecular weight is 436 g/mol. The number of ether oxygens (including phenoxy) is 1. The number of nitrogens with one attached hydrogen (secondary N) is 1. The Kier molecular flexibility index (Phi) is 6.13.